The first-order chi connectivity index (χ1) is 9.86. The normalized spacial score (nSPS) is 12.0. The van der Waals surface area contributed by atoms with Gasteiger partial charge in [-0.1, -0.05) is 0 Å². The lowest BCUT2D eigenvalue weighted by Crippen LogP contribution is -2.22. The second-order valence-corrected chi connectivity index (χ2v) is 6.64. The van der Waals surface area contributed by atoms with Crippen LogP contribution < -0.4 is 5.32 Å². The molecule has 2 aromatic rings. The number of hydrogen-bond donors (Lipinski definition) is 1. The third-order valence-electron chi connectivity index (χ3n) is 3.48. The first kappa shape index (κ1) is 15.8. The summed E-state index contributed by atoms with van der Waals surface area (Å²) in [7, 11) is 0. The van der Waals surface area contributed by atoms with Crippen LogP contribution >= 0.6 is 0 Å². The van der Waals surface area contributed by atoms with E-state index >= 15 is 0 Å². The largest absolute Gasteiger partial charge is 0.312 e. The van der Waals surface area contributed by atoms with E-state index < -0.39 is 0 Å². The Bertz CT molecular complexity index is 574. The fraction of sp³-hybridized carbons (Fsp3) is 0.625. The molecule has 0 unspecified atom stereocenters. The quantitative estimate of drug-likeness (QED) is 0.832. The van der Waals surface area contributed by atoms with Crippen molar-refractivity contribution in [1.29, 1.82) is 0 Å². The molecular weight excluding hydrogens is 262 g/mol. The standard InChI is InChI=1S/C16H27N5/c1-13-9-14(2)20(19-13)8-6-7-17-10-15-11-18-21(12-15)16(3,4)5/h9,11-12,17H,6-8,10H2,1-5H3. The maximum Gasteiger partial charge on any atom is 0.0596 e. The maximum absolute atomic E-state index is 4.47. The predicted octanol–water partition coefficient (Wildman–Crippen LogP) is 2.63. The van der Waals surface area contributed by atoms with E-state index in [2.05, 4.69) is 60.2 Å². The van der Waals surface area contributed by atoms with E-state index in [4.69, 9.17) is 0 Å². The van der Waals surface area contributed by atoms with Crippen LogP contribution in [-0.2, 0) is 18.6 Å². The molecule has 0 atom stereocenters. The van der Waals surface area contributed by atoms with Gasteiger partial charge in [-0.05, 0) is 53.7 Å². The molecule has 2 heterocycles. The molecule has 21 heavy (non-hydrogen) atoms. The van der Waals surface area contributed by atoms with Gasteiger partial charge in [0.1, 0.15) is 0 Å². The predicted molar refractivity (Wildman–Crippen MR) is 85.2 cm³/mol. The van der Waals surface area contributed by atoms with E-state index in [0.717, 1.165) is 31.7 Å². The number of aryl methyl sites for hydroxylation is 3. The van der Waals surface area contributed by atoms with Gasteiger partial charge >= 0.3 is 0 Å². The third-order valence-corrected chi connectivity index (χ3v) is 3.48. The zero-order chi connectivity index (χ0) is 15.5. The summed E-state index contributed by atoms with van der Waals surface area (Å²) in [6.45, 7) is 13.4. The molecule has 0 radical (unpaired) electrons. The SMILES string of the molecule is Cc1cc(C)n(CCCNCc2cnn(C(C)(C)C)c2)n1. The van der Waals surface area contributed by atoms with E-state index in [1.807, 2.05) is 17.8 Å². The summed E-state index contributed by atoms with van der Waals surface area (Å²) in [5, 5.41) is 12.4. The highest BCUT2D eigenvalue weighted by atomic mass is 15.3. The van der Waals surface area contributed by atoms with Gasteiger partial charge in [0, 0.05) is 30.5 Å². The lowest BCUT2D eigenvalue weighted by atomic mass is 10.1. The van der Waals surface area contributed by atoms with Crippen molar-refractivity contribution in [2.24, 2.45) is 0 Å². The van der Waals surface area contributed by atoms with Gasteiger partial charge in [-0.25, -0.2) is 0 Å². The van der Waals surface area contributed by atoms with Crippen molar-refractivity contribution in [3.05, 3.63) is 35.4 Å². The minimum Gasteiger partial charge on any atom is -0.312 e. The fourth-order valence-corrected chi connectivity index (χ4v) is 2.31. The molecule has 0 fully saturated rings. The minimum atomic E-state index is 0.0493. The summed E-state index contributed by atoms with van der Waals surface area (Å²) in [5.41, 5.74) is 3.61. The van der Waals surface area contributed by atoms with Crippen LogP contribution in [0.4, 0.5) is 0 Å². The Morgan fingerprint density at radius 3 is 2.57 bits per heavy atom. The van der Waals surface area contributed by atoms with Gasteiger partial charge in [-0.3, -0.25) is 9.36 Å². The zero-order valence-corrected chi connectivity index (χ0v) is 13.8. The average Bonchev–Trinajstić information content (AvgIpc) is 2.96. The van der Waals surface area contributed by atoms with Crippen LogP contribution in [-0.4, -0.2) is 26.1 Å². The number of nitrogens with one attached hydrogen (secondary N) is 1. The summed E-state index contributed by atoms with van der Waals surface area (Å²) < 4.78 is 4.09. The first-order valence-corrected chi connectivity index (χ1v) is 7.62. The first-order valence-electron chi connectivity index (χ1n) is 7.62. The molecule has 0 aromatic carbocycles. The highest BCUT2D eigenvalue weighted by Gasteiger charge is 2.13. The van der Waals surface area contributed by atoms with E-state index in [9.17, 15) is 0 Å². The Morgan fingerprint density at radius 1 is 1.24 bits per heavy atom. The Morgan fingerprint density at radius 2 is 2.00 bits per heavy atom. The molecule has 0 saturated carbocycles. The van der Waals surface area contributed by atoms with Crippen LogP contribution in [0, 0.1) is 13.8 Å². The van der Waals surface area contributed by atoms with Crippen molar-refractivity contribution in [3.8, 4) is 0 Å². The Kier molecular flexibility index (Phi) is 4.83. The van der Waals surface area contributed by atoms with E-state index in [1.165, 1.54) is 11.3 Å². The summed E-state index contributed by atoms with van der Waals surface area (Å²) in [6, 6.07) is 2.12. The molecule has 0 amide bonds. The Labute approximate surface area is 127 Å². The van der Waals surface area contributed by atoms with Crippen molar-refractivity contribution in [2.75, 3.05) is 6.54 Å². The summed E-state index contributed by atoms with van der Waals surface area (Å²) >= 11 is 0. The minimum absolute atomic E-state index is 0.0493. The van der Waals surface area contributed by atoms with Crippen LogP contribution in [0.15, 0.2) is 18.5 Å². The van der Waals surface area contributed by atoms with Gasteiger partial charge in [-0.15, -0.1) is 0 Å². The molecule has 1 N–H and O–H groups in total. The van der Waals surface area contributed by atoms with Crippen molar-refractivity contribution in [2.45, 2.75) is 59.7 Å². The zero-order valence-electron chi connectivity index (χ0n) is 13.8. The van der Waals surface area contributed by atoms with E-state index in [1.54, 1.807) is 0 Å². The van der Waals surface area contributed by atoms with Gasteiger partial charge in [-0.2, -0.15) is 10.2 Å². The molecule has 0 aliphatic rings. The topological polar surface area (TPSA) is 47.7 Å². The number of rotatable bonds is 6. The molecule has 0 saturated heterocycles. The molecule has 5 heteroatoms. The fourth-order valence-electron chi connectivity index (χ4n) is 2.31. The molecule has 2 rings (SSSR count). The molecule has 116 valence electrons. The molecule has 0 bridgehead atoms. The van der Waals surface area contributed by atoms with Crippen LogP contribution in [0.25, 0.3) is 0 Å². The van der Waals surface area contributed by atoms with Gasteiger partial charge < -0.3 is 5.32 Å². The second-order valence-electron chi connectivity index (χ2n) is 6.64. The lowest BCUT2D eigenvalue weighted by molar-refractivity contribution is 0.355. The Balaban J connectivity index is 1.70. The van der Waals surface area contributed by atoms with Gasteiger partial charge in [0.2, 0.25) is 0 Å². The summed E-state index contributed by atoms with van der Waals surface area (Å²) in [4.78, 5) is 0. The lowest BCUT2D eigenvalue weighted by Gasteiger charge is -2.18. The second kappa shape index (κ2) is 6.43. The number of aromatic nitrogens is 4. The van der Waals surface area contributed by atoms with E-state index in [0.29, 0.717) is 0 Å². The van der Waals surface area contributed by atoms with Crippen molar-refractivity contribution >= 4 is 0 Å². The van der Waals surface area contributed by atoms with Crippen molar-refractivity contribution in [3.63, 3.8) is 0 Å². The monoisotopic (exact) mass is 289 g/mol. The van der Waals surface area contributed by atoms with Crippen molar-refractivity contribution in [1.82, 2.24) is 24.9 Å². The van der Waals surface area contributed by atoms with Gasteiger partial charge in [0.05, 0.1) is 17.4 Å². The highest BCUT2D eigenvalue weighted by molar-refractivity contribution is 5.06. The third kappa shape index (κ3) is 4.43. The molecule has 5 nitrogen and oxygen atoms in total. The molecule has 0 aliphatic heterocycles. The molecule has 2 aromatic heterocycles. The smallest absolute Gasteiger partial charge is 0.0596 e. The highest BCUT2D eigenvalue weighted by Crippen LogP contribution is 2.12. The molecule has 0 spiro atoms. The van der Waals surface area contributed by atoms with Crippen LogP contribution in [0.1, 0.15) is 44.1 Å². The Hall–Kier alpha value is -1.62. The average molecular weight is 289 g/mol. The van der Waals surface area contributed by atoms with Gasteiger partial charge in [0.25, 0.3) is 0 Å². The van der Waals surface area contributed by atoms with Crippen LogP contribution in [0.2, 0.25) is 0 Å². The van der Waals surface area contributed by atoms with Crippen molar-refractivity contribution < 1.29 is 0 Å². The number of nitrogens with zero attached hydrogens (tertiary/aromatic N) is 4. The van der Waals surface area contributed by atoms with Gasteiger partial charge in [0.15, 0.2) is 0 Å². The van der Waals surface area contributed by atoms with Crippen LogP contribution in [0.5, 0.6) is 0 Å². The van der Waals surface area contributed by atoms with E-state index in [-0.39, 0.29) is 5.54 Å². The number of hydrogen-bond acceptors (Lipinski definition) is 3. The van der Waals surface area contributed by atoms with Crippen LogP contribution in [0.3, 0.4) is 0 Å². The maximum atomic E-state index is 4.47. The molecule has 0 aliphatic carbocycles. The summed E-state index contributed by atoms with van der Waals surface area (Å²) in [6.07, 6.45) is 5.14. The summed E-state index contributed by atoms with van der Waals surface area (Å²) in [5.74, 6) is 0. The molecular formula is C16H27N5.